The van der Waals surface area contributed by atoms with Gasteiger partial charge in [0.1, 0.15) is 5.78 Å². The Balaban J connectivity index is 1.21. The van der Waals surface area contributed by atoms with Crippen LogP contribution in [-0.4, -0.2) is 68.1 Å². The smallest absolute Gasteiger partial charge is 0.139 e. The summed E-state index contributed by atoms with van der Waals surface area (Å²) in [4.78, 5) is 17.6. The molecule has 0 bridgehead atoms. The molecule has 6 atom stereocenters. The molecule has 1 aliphatic heterocycles. The average Bonchev–Trinajstić information content (AvgIpc) is 3.04. The van der Waals surface area contributed by atoms with Gasteiger partial charge in [-0.05, 0) is 75.2 Å². The Morgan fingerprint density at radius 2 is 1.70 bits per heavy atom. The van der Waals surface area contributed by atoms with Gasteiger partial charge in [-0.25, -0.2) is 0 Å². The van der Waals surface area contributed by atoms with Crippen molar-refractivity contribution >= 4 is 5.78 Å². The molecule has 4 aliphatic carbocycles. The molecular weight excluding hydrogens is 372 g/mol. The van der Waals surface area contributed by atoms with Crippen molar-refractivity contribution in [2.45, 2.75) is 71.3 Å². The fourth-order valence-corrected chi connectivity index (χ4v) is 8.00. The predicted molar refractivity (Wildman–Crippen MR) is 120 cm³/mol. The van der Waals surface area contributed by atoms with Gasteiger partial charge in [-0.1, -0.05) is 25.5 Å². The molecule has 0 aromatic rings. The molecule has 0 amide bonds. The van der Waals surface area contributed by atoms with E-state index < -0.39 is 0 Å². The minimum Gasteiger partial charge on any atom is -0.373 e. The monoisotopic (exact) mass is 414 g/mol. The van der Waals surface area contributed by atoms with Crippen molar-refractivity contribution in [2.75, 3.05) is 46.4 Å². The summed E-state index contributed by atoms with van der Waals surface area (Å²) < 4.78 is 6.37. The van der Waals surface area contributed by atoms with Crippen molar-refractivity contribution in [3.63, 3.8) is 0 Å². The summed E-state index contributed by atoms with van der Waals surface area (Å²) in [5.74, 6) is 2.77. The lowest BCUT2D eigenvalue weighted by Gasteiger charge is -2.57. The van der Waals surface area contributed by atoms with Crippen LogP contribution < -0.4 is 0 Å². The number of allylic oxidation sites excluding steroid dienone is 1. The van der Waals surface area contributed by atoms with Gasteiger partial charge >= 0.3 is 0 Å². The van der Waals surface area contributed by atoms with E-state index in [1.807, 2.05) is 0 Å². The molecule has 3 saturated carbocycles. The van der Waals surface area contributed by atoms with E-state index in [0.717, 1.165) is 44.2 Å². The van der Waals surface area contributed by atoms with E-state index >= 15 is 0 Å². The maximum absolute atomic E-state index is 12.6. The Hall–Kier alpha value is -0.710. The highest BCUT2D eigenvalue weighted by Gasteiger charge is 2.58. The fraction of sp³-hybridized carbons (Fsp3) is 0.885. The number of fused-ring (bicyclic) bond motifs is 5. The number of likely N-dealkylation sites (N-methyl/N-ethyl adjacent to an activating group) is 1. The molecule has 0 spiro atoms. The minimum atomic E-state index is 0.00230. The first-order chi connectivity index (χ1) is 14.4. The Morgan fingerprint density at radius 3 is 2.50 bits per heavy atom. The maximum atomic E-state index is 12.6. The molecule has 0 aromatic carbocycles. The second-order valence-electron chi connectivity index (χ2n) is 11.5. The van der Waals surface area contributed by atoms with Gasteiger partial charge in [0.05, 0.1) is 12.7 Å². The van der Waals surface area contributed by atoms with Crippen LogP contribution >= 0.6 is 0 Å². The topological polar surface area (TPSA) is 32.8 Å². The van der Waals surface area contributed by atoms with E-state index in [1.54, 1.807) is 5.57 Å². The zero-order chi connectivity index (χ0) is 20.9. The maximum Gasteiger partial charge on any atom is 0.139 e. The molecule has 1 saturated heterocycles. The number of nitrogens with zero attached hydrogens (tertiary/aromatic N) is 2. The number of carbonyl (C=O) groups is 1. The van der Waals surface area contributed by atoms with Gasteiger partial charge in [0.25, 0.3) is 0 Å². The van der Waals surface area contributed by atoms with Gasteiger partial charge in [0.2, 0.25) is 0 Å². The number of rotatable bonds is 4. The molecule has 0 N–H and O–H groups in total. The van der Waals surface area contributed by atoms with E-state index in [1.165, 1.54) is 58.3 Å². The first kappa shape index (κ1) is 21.2. The Kier molecular flexibility index (Phi) is 5.65. The molecule has 168 valence electrons. The Morgan fingerprint density at radius 1 is 0.967 bits per heavy atom. The van der Waals surface area contributed by atoms with Crippen LogP contribution in [-0.2, 0) is 9.53 Å². The van der Waals surface area contributed by atoms with Gasteiger partial charge in [0.15, 0.2) is 0 Å². The van der Waals surface area contributed by atoms with Crippen LogP contribution in [0, 0.1) is 28.6 Å². The molecular formula is C26H42N2O2. The first-order valence-electron chi connectivity index (χ1n) is 12.7. The molecule has 4 nitrogen and oxygen atoms in total. The standard InChI is InChI=1S/C26H42N2O2/c1-25-10-8-20(30-17-16-28-14-12-27(3)13-15-28)18-19(25)4-5-21-22-6-7-24(29)26(22,2)11-9-23(21)25/h18,20-23H,4-17H2,1-3H3. The van der Waals surface area contributed by atoms with Gasteiger partial charge in [-0.2, -0.15) is 0 Å². The van der Waals surface area contributed by atoms with Crippen molar-refractivity contribution in [2.24, 2.45) is 28.6 Å². The van der Waals surface area contributed by atoms with Gasteiger partial charge in [-0.3, -0.25) is 9.69 Å². The third kappa shape index (κ3) is 3.51. The highest BCUT2D eigenvalue weighted by molar-refractivity contribution is 5.87. The van der Waals surface area contributed by atoms with Gasteiger partial charge < -0.3 is 9.64 Å². The molecule has 4 fully saturated rings. The van der Waals surface area contributed by atoms with Crippen molar-refractivity contribution < 1.29 is 9.53 Å². The number of hydrogen-bond acceptors (Lipinski definition) is 4. The summed E-state index contributed by atoms with van der Waals surface area (Å²) in [5.41, 5.74) is 2.04. The van der Waals surface area contributed by atoms with Crippen LogP contribution in [0.4, 0.5) is 0 Å². The molecule has 6 unspecified atom stereocenters. The second-order valence-corrected chi connectivity index (χ2v) is 11.5. The lowest BCUT2D eigenvalue weighted by molar-refractivity contribution is -0.132. The summed E-state index contributed by atoms with van der Waals surface area (Å²) in [6, 6.07) is 0. The summed E-state index contributed by atoms with van der Waals surface area (Å²) in [7, 11) is 2.21. The highest BCUT2D eigenvalue weighted by atomic mass is 16.5. The predicted octanol–water partition coefficient (Wildman–Crippen LogP) is 4.15. The average molecular weight is 415 g/mol. The fourth-order valence-electron chi connectivity index (χ4n) is 8.00. The number of piperazine rings is 1. The number of ketones is 1. The zero-order valence-electron chi connectivity index (χ0n) is 19.5. The van der Waals surface area contributed by atoms with E-state index in [0.29, 0.717) is 23.2 Å². The van der Waals surface area contributed by atoms with E-state index in [2.05, 4.69) is 36.8 Å². The van der Waals surface area contributed by atoms with Crippen LogP contribution in [0.2, 0.25) is 0 Å². The normalized spacial score (nSPS) is 44.9. The van der Waals surface area contributed by atoms with Crippen molar-refractivity contribution in [1.29, 1.82) is 0 Å². The number of hydrogen-bond donors (Lipinski definition) is 0. The minimum absolute atomic E-state index is 0.00230. The quantitative estimate of drug-likeness (QED) is 0.647. The lowest BCUT2D eigenvalue weighted by Crippen LogP contribution is -2.51. The Labute approximate surface area is 183 Å². The third-order valence-electron chi connectivity index (χ3n) is 10.1. The zero-order valence-corrected chi connectivity index (χ0v) is 19.5. The van der Waals surface area contributed by atoms with Crippen molar-refractivity contribution in [3.05, 3.63) is 11.6 Å². The van der Waals surface area contributed by atoms with Crippen molar-refractivity contribution in [1.82, 2.24) is 9.80 Å². The van der Waals surface area contributed by atoms with Crippen LogP contribution in [0.25, 0.3) is 0 Å². The summed E-state index contributed by atoms with van der Waals surface area (Å²) >= 11 is 0. The SMILES string of the molecule is CN1CCN(CCOC2C=C3CCC4C5CCC(=O)C5(C)CCC4C3(C)CC2)CC1. The summed E-state index contributed by atoms with van der Waals surface area (Å²) in [6.07, 6.45) is 12.2. The lowest BCUT2D eigenvalue weighted by atomic mass is 9.47. The molecule has 0 radical (unpaired) electrons. The van der Waals surface area contributed by atoms with Crippen LogP contribution in [0.3, 0.4) is 0 Å². The highest BCUT2D eigenvalue weighted by Crippen LogP contribution is 2.64. The van der Waals surface area contributed by atoms with Crippen LogP contribution in [0.15, 0.2) is 11.6 Å². The van der Waals surface area contributed by atoms with Crippen molar-refractivity contribution in [3.8, 4) is 0 Å². The van der Waals surface area contributed by atoms with Crippen LogP contribution in [0.1, 0.15) is 65.2 Å². The first-order valence-corrected chi connectivity index (χ1v) is 12.7. The molecule has 30 heavy (non-hydrogen) atoms. The summed E-state index contributed by atoms with van der Waals surface area (Å²) in [6.45, 7) is 11.5. The third-order valence-corrected chi connectivity index (χ3v) is 10.1. The van der Waals surface area contributed by atoms with Crippen LogP contribution in [0.5, 0.6) is 0 Å². The molecule has 1 heterocycles. The summed E-state index contributed by atoms with van der Waals surface area (Å²) in [5, 5.41) is 0. The van der Waals surface area contributed by atoms with E-state index in [9.17, 15) is 4.79 Å². The largest absolute Gasteiger partial charge is 0.373 e. The molecule has 5 aliphatic rings. The van der Waals surface area contributed by atoms with Gasteiger partial charge in [-0.15, -0.1) is 0 Å². The molecule has 0 aromatic heterocycles. The second kappa shape index (κ2) is 8.01. The number of carbonyl (C=O) groups excluding carboxylic acids is 1. The van der Waals surface area contributed by atoms with E-state index in [-0.39, 0.29) is 5.41 Å². The number of Topliss-reactive ketones (excluding diaryl/α,β-unsaturated/α-hetero) is 1. The van der Waals surface area contributed by atoms with E-state index in [4.69, 9.17) is 4.74 Å². The molecule has 5 rings (SSSR count). The molecule has 4 heteroatoms. The van der Waals surface area contributed by atoms with Gasteiger partial charge in [0, 0.05) is 44.6 Å². The Bertz CT molecular complexity index is 697. The number of ether oxygens (including phenoxy) is 1.